The van der Waals surface area contributed by atoms with Crippen molar-refractivity contribution < 1.29 is 0 Å². The summed E-state index contributed by atoms with van der Waals surface area (Å²) in [5.41, 5.74) is 0. The minimum absolute atomic E-state index is 0.194. The number of halogens is 2. The first-order valence-corrected chi connectivity index (χ1v) is 6.42. The molecule has 3 rings (SSSR count). The van der Waals surface area contributed by atoms with Crippen molar-refractivity contribution in [1.29, 1.82) is 0 Å². The Morgan fingerprint density at radius 2 is 0.941 bits per heavy atom. The fourth-order valence-corrected chi connectivity index (χ4v) is 1.95. The lowest BCUT2D eigenvalue weighted by Crippen LogP contribution is -1.75. The molecule has 0 radical (unpaired) electrons. The maximum atomic E-state index is 4.76. The Balaban J connectivity index is 0.000000329. The Bertz CT molecular complexity index is 562. The van der Waals surface area contributed by atoms with Crippen molar-refractivity contribution >= 4 is 44.7 Å². The summed E-state index contributed by atoms with van der Waals surface area (Å²) in [6, 6.07) is 21.4. The lowest BCUT2D eigenvalue weighted by Gasteiger charge is -2.02. The number of hydrogen-bond donors (Lipinski definition) is 0. The maximum absolute atomic E-state index is 4.76. The summed E-state index contributed by atoms with van der Waals surface area (Å²) >= 11 is 9.53. The van der Waals surface area contributed by atoms with Crippen LogP contribution in [0.5, 0.6) is 0 Å². The lowest BCUT2D eigenvalue weighted by molar-refractivity contribution is 1.76. The highest BCUT2D eigenvalue weighted by molar-refractivity contribution is 6.40. The fourth-order valence-electron chi connectivity index (χ4n) is 1.95. The third-order valence-corrected chi connectivity index (χ3v) is 2.65. The van der Waals surface area contributed by atoms with Crippen molar-refractivity contribution in [3.63, 3.8) is 0 Å². The van der Waals surface area contributed by atoms with Crippen LogP contribution in [0.2, 0.25) is 0 Å². The van der Waals surface area contributed by atoms with Gasteiger partial charge in [-0.15, -0.1) is 23.2 Å². The third-order valence-electron chi connectivity index (χ3n) is 2.65. The van der Waals surface area contributed by atoms with Gasteiger partial charge < -0.3 is 0 Å². The van der Waals surface area contributed by atoms with Crippen LogP contribution in [0.1, 0.15) is 0 Å². The molecule has 2 heteroatoms. The molecular formula is C15H12Cl2. The Morgan fingerprint density at radius 1 is 0.588 bits per heavy atom. The molecule has 0 aliphatic carbocycles. The molecule has 0 N–H and O–H groups in total. The van der Waals surface area contributed by atoms with Crippen molar-refractivity contribution in [2.75, 3.05) is 5.34 Å². The average Bonchev–Trinajstić information content (AvgIpc) is 2.40. The van der Waals surface area contributed by atoms with Crippen LogP contribution >= 0.6 is 23.2 Å². The van der Waals surface area contributed by atoms with Crippen LogP contribution in [-0.2, 0) is 0 Å². The van der Waals surface area contributed by atoms with Gasteiger partial charge in [-0.1, -0.05) is 60.7 Å². The molecule has 17 heavy (non-hydrogen) atoms. The number of rotatable bonds is 0. The second-order valence-electron chi connectivity index (χ2n) is 3.61. The number of hydrogen-bond acceptors (Lipinski definition) is 0. The minimum Gasteiger partial charge on any atom is -0.109 e. The van der Waals surface area contributed by atoms with E-state index in [4.69, 9.17) is 23.2 Å². The summed E-state index contributed by atoms with van der Waals surface area (Å²) in [6.45, 7) is 0. The number of alkyl halides is 2. The topological polar surface area (TPSA) is 0 Å². The van der Waals surface area contributed by atoms with Crippen LogP contribution in [0, 0.1) is 0 Å². The van der Waals surface area contributed by atoms with E-state index in [-0.39, 0.29) is 5.34 Å². The van der Waals surface area contributed by atoms with Crippen molar-refractivity contribution in [2.45, 2.75) is 0 Å². The van der Waals surface area contributed by atoms with E-state index in [0.717, 1.165) is 0 Å². The first kappa shape index (κ1) is 12.2. The highest BCUT2D eigenvalue weighted by Gasteiger charge is 1.97. The standard InChI is InChI=1S/C14H10.CH2Cl2/c1-3-7-13-11(5-1)9-10-12-6-2-4-8-14(12)13;2-1-3/h1-10H;1H2. The van der Waals surface area contributed by atoms with Crippen LogP contribution in [0.15, 0.2) is 60.7 Å². The molecule has 0 nitrogen and oxygen atoms in total. The summed E-state index contributed by atoms with van der Waals surface area (Å²) in [4.78, 5) is 0. The molecule has 0 aliphatic heterocycles. The van der Waals surface area contributed by atoms with Crippen LogP contribution in [0.4, 0.5) is 0 Å². The second kappa shape index (κ2) is 5.90. The Morgan fingerprint density at radius 3 is 1.35 bits per heavy atom. The summed E-state index contributed by atoms with van der Waals surface area (Å²) in [5, 5.41) is 5.49. The molecule has 0 spiro atoms. The first-order valence-electron chi connectivity index (χ1n) is 5.35. The summed E-state index contributed by atoms with van der Waals surface area (Å²) < 4.78 is 0. The zero-order valence-electron chi connectivity index (χ0n) is 9.24. The van der Waals surface area contributed by atoms with Crippen LogP contribution in [0.25, 0.3) is 21.5 Å². The zero-order valence-corrected chi connectivity index (χ0v) is 10.7. The van der Waals surface area contributed by atoms with Crippen molar-refractivity contribution in [3.05, 3.63) is 60.7 Å². The van der Waals surface area contributed by atoms with Gasteiger partial charge >= 0.3 is 0 Å². The van der Waals surface area contributed by atoms with Crippen molar-refractivity contribution in [3.8, 4) is 0 Å². The molecule has 0 atom stereocenters. The molecule has 0 heterocycles. The first-order chi connectivity index (χ1) is 8.36. The molecule has 86 valence electrons. The Kier molecular flexibility index (Phi) is 4.24. The van der Waals surface area contributed by atoms with E-state index in [9.17, 15) is 0 Å². The second-order valence-corrected chi connectivity index (χ2v) is 4.42. The Hall–Kier alpha value is -1.24. The van der Waals surface area contributed by atoms with Gasteiger partial charge in [-0.2, -0.15) is 0 Å². The lowest BCUT2D eigenvalue weighted by atomic mass is 10.0. The zero-order chi connectivity index (χ0) is 12.1. The third kappa shape index (κ3) is 2.71. The predicted molar refractivity (Wildman–Crippen MR) is 78.0 cm³/mol. The molecule has 3 aromatic rings. The molecule has 0 fully saturated rings. The number of fused-ring (bicyclic) bond motifs is 3. The van der Waals surface area contributed by atoms with Crippen LogP contribution in [-0.4, -0.2) is 5.34 Å². The molecular weight excluding hydrogens is 251 g/mol. The van der Waals surface area contributed by atoms with Gasteiger partial charge in [0.15, 0.2) is 0 Å². The van der Waals surface area contributed by atoms with Gasteiger partial charge in [0.25, 0.3) is 0 Å². The van der Waals surface area contributed by atoms with Gasteiger partial charge in [-0.05, 0) is 21.5 Å². The maximum Gasteiger partial charge on any atom is 0.0967 e. The fraction of sp³-hybridized carbons (Fsp3) is 0.0667. The monoisotopic (exact) mass is 262 g/mol. The van der Waals surface area contributed by atoms with E-state index in [0.29, 0.717) is 0 Å². The van der Waals surface area contributed by atoms with Gasteiger partial charge in [0, 0.05) is 0 Å². The highest BCUT2D eigenvalue weighted by Crippen LogP contribution is 2.24. The molecule has 3 aromatic carbocycles. The van der Waals surface area contributed by atoms with E-state index in [1.165, 1.54) is 21.5 Å². The van der Waals surface area contributed by atoms with E-state index in [2.05, 4.69) is 60.7 Å². The van der Waals surface area contributed by atoms with E-state index >= 15 is 0 Å². The molecule has 0 saturated carbocycles. The predicted octanol–water partition coefficient (Wildman–Crippen LogP) is 5.41. The molecule has 0 bridgehead atoms. The summed E-state index contributed by atoms with van der Waals surface area (Å²) in [7, 11) is 0. The number of benzene rings is 3. The van der Waals surface area contributed by atoms with Crippen LogP contribution < -0.4 is 0 Å². The van der Waals surface area contributed by atoms with Gasteiger partial charge in [0.1, 0.15) is 0 Å². The quantitative estimate of drug-likeness (QED) is 0.375. The normalized spacial score (nSPS) is 10.0. The van der Waals surface area contributed by atoms with Crippen LogP contribution in [0.3, 0.4) is 0 Å². The van der Waals surface area contributed by atoms with Gasteiger partial charge in [-0.3, -0.25) is 0 Å². The smallest absolute Gasteiger partial charge is 0.0967 e. The van der Waals surface area contributed by atoms with Gasteiger partial charge in [-0.25, -0.2) is 0 Å². The average molecular weight is 263 g/mol. The summed E-state index contributed by atoms with van der Waals surface area (Å²) in [5.74, 6) is 0. The molecule has 0 aliphatic rings. The van der Waals surface area contributed by atoms with Crippen molar-refractivity contribution in [1.82, 2.24) is 0 Å². The molecule has 0 aromatic heterocycles. The molecule has 0 amide bonds. The van der Waals surface area contributed by atoms with E-state index < -0.39 is 0 Å². The van der Waals surface area contributed by atoms with Crippen molar-refractivity contribution in [2.24, 2.45) is 0 Å². The van der Waals surface area contributed by atoms with E-state index in [1.54, 1.807) is 0 Å². The van der Waals surface area contributed by atoms with E-state index in [1.807, 2.05) is 0 Å². The summed E-state index contributed by atoms with van der Waals surface area (Å²) in [6.07, 6.45) is 0. The molecule has 0 saturated heterocycles. The SMILES string of the molecule is ClCCl.c1ccc2c(c1)ccc1ccccc12. The van der Waals surface area contributed by atoms with Gasteiger partial charge in [0.05, 0.1) is 5.34 Å². The highest BCUT2D eigenvalue weighted by atomic mass is 35.5. The molecule has 0 unspecified atom stereocenters. The van der Waals surface area contributed by atoms with Gasteiger partial charge in [0.2, 0.25) is 0 Å². The minimum atomic E-state index is 0.194. The Labute approximate surface area is 111 Å². The largest absolute Gasteiger partial charge is 0.109 e.